The second-order valence-electron chi connectivity index (χ2n) is 6.02. The van der Waals surface area contributed by atoms with Gasteiger partial charge in [-0.2, -0.15) is 0 Å². The van der Waals surface area contributed by atoms with Crippen molar-refractivity contribution in [3.8, 4) is 0 Å². The highest BCUT2D eigenvalue weighted by molar-refractivity contribution is 4.79. The molecule has 0 aliphatic carbocycles. The third-order valence-electron chi connectivity index (χ3n) is 3.91. The highest BCUT2D eigenvalue weighted by atomic mass is 16.5. The van der Waals surface area contributed by atoms with Crippen LogP contribution in [0.15, 0.2) is 0 Å². The number of rotatable bonds is 13. The van der Waals surface area contributed by atoms with Crippen LogP contribution in [0.3, 0.4) is 0 Å². The van der Waals surface area contributed by atoms with Gasteiger partial charge < -0.3 is 10.1 Å². The molecule has 0 spiro atoms. The lowest BCUT2D eigenvalue weighted by atomic mass is 9.94. The van der Waals surface area contributed by atoms with Crippen molar-refractivity contribution in [1.82, 2.24) is 5.32 Å². The van der Waals surface area contributed by atoms with Crippen molar-refractivity contribution in [3.05, 3.63) is 0 Å². The molecule has 0 aliphatic heterocycles. The third kappa shape index (κ3) is 9.45. The predicted octanol–water partition coefficient (Wildman–Crippen LogP) is 4.78. The molecular formula is C17H37NO. The molecule has 1 N–H and O–H groups in total. The van der Waals surface area contributed by atoms with Gasteiger partial charge in [0.2, 0.25) is 0 Å². The van der Waals surface area contributed by atoms with Crippen molar-refractivity contribution in [3.63, 3.8) is 0 Å². The predicted molar refractivity (Wildman–Crippen MR) is 85.7 cm³/mol. The van der Waals surface area contributed by atoms with Crippen molar-refractivity contribution < 1.29 is 4.74 Å². The van der Waals surface area contributed by atoms with E-state index in [2.05, 4.69) is 33.0 Å². The van der Waals surface area contributed by atoms with Crippen molar-refractivity contribution in [1.29, 1.82) is 0 Å². The van der Waals surface area contributed by atoms with Crippen molar-refractivity contribution >= 4 is 0 Å². The Hall–Kier alpha value is -0.0800. The maximum Gasteiger partial charge on any atom is 0.0747 e. The molecule has 0 aromatic carbocycles. The van der Waals surface area contributed by atoms with E-state index in [1.807, 2.05) is 7.11 Å². The number of hydrogen-bond donors (Lipinski definition) is 1. The second-order valence-corrected chi connectivity index (χ2v) is 6.02. The molecule has 0 saturated heterocycles. The van der Waals surface area contributed by atoms with E-state index >= 15 is 0 Å². The monoisotopic (exact) mass is 271 g/mol. The largest absolute Gasteiger partial charge is 0.380 e. The summed E-state index contributed by atoms with van der Waals surface area (Å²) in [7, 11) is 1.85. The Bertz CT molecular complexity index is 182. The number of ether oxygens (including phenoxy) is 1. The summed E-state index contributed by atoms with van der Waals surface area (Å²) in [4.78, 5) is 0. The average Bonchev–Trinajstić information content (AvgIpc) is 2.38. The van der Waals surface area contributed by atoms with Crippen LogP contribution in [0, 0.1) is 5.92 Å². The Kier molecular flexibility index (Phi) is 12.9. The molecule has 0 saturated carbocycles. The molecule has 2 atom stereocenters. The molecule has 2 unspecified atom stereocenters. The Morgan fingerprint density at radius 2 is 1.47 bits per heavy atom. The van der Waals surface area contributed by atoms with Crippen molar-refractivity contribution in [2.75, 3.05) is 13.7 Å². The SMILES string of the molecule is CCCCCCCCCC(NCC)C(OC)C(C)C. The second kappa shape index (κ2) is 12.9. The fraction of sp³-hybridized carbons (Fsp3) is 1.00. The first kappa shape index (κ1) is 18.9. The lowest BCUT2D eigenvalue weighted by molar-refractivity contribution is 0.0304. The van der Waals surface area contributed by atoms with Gasteiger partial charge in [0.05, 0.1) is 6.10 Å². The molecule has 19 heavy (non-hydrogen) atoms. The zero-order valence-corrected chi connectivity index (χ0v) is 14.0. The number of methoxy groups -OCH3 is 1. The summed E-state index contributed by atoms with van der Waals surface area (Å²) in [5.74, 6) is 0.582. The molecule has 2 nitrogen and oxygen atoms in total. The van der Waals surface area contributed by atoms with Gasteiger partial charge in [-0.15, -0.1) is 0 Å². The van der Waals surface area contributed by atoms with Crippen LogP contribution >= 0.6 is 0 Å². The Labute approximate surface area is 121 Å². The van der Waals surface area contributed by atoms with Gasteiger partial charge in [-0.25, -0.2) is 0 Å². The van der Waals surface area contributed by atoms with Crippen LogP contribution in [-0.2, 0) is 4.74 Å². The number of hydrogen-bond acceptors (Lipinski definition) is 2. The van der Waals surface area contributed by atoms with Crippen LogP contribution in [0.25, 0.3) is 0 Å². The fourth-order valence-corrected chi connectivity index (χ4v) is 2.87. The normalized spacial score (nSPS) is 14.8. The first-order valence-corrected chi connectivity index (χ1v) is 8.43. The van der Waals surface area contributed by atoms with Gasteiger partial charge in [0, 0.05) is 13.2 Å². The van der Waals surface area contributed by atoms with E-state index in [1.54, 1.807) is 0 Å². The van der Waals surface area contributed by atoms with E-state index in [0.717, 1.165) is 6.54 Å². The molecule has 0 rings (SSSR count). The molecule has 0 aromatic rings. The molecular weight excluding hydrogens is 234 g/mol. The van der Waals surface area contributed by atoms with Crippen molar-refractivity contribution in [2.24, 2.45) is 5.92 Å². The Morgan fingerprint density at radius 1 is 0.895 bits per heavy atom. The quantitative estimate of drug-likeness (QED) is 0.487. The summed E-state index contributed by atoms with van der Waals surface area (Å²) in [6.45, 7) is 10.0. The summed E-state index contributed by atoms with van der Waals surface area (Å²) in [5.41, 5.74) is 0. The number of likely N-dealkylation sites (N-methyl/N-ethyl adjacent to an activating group) is 1. The van der Waals surface area contributed by atoms with Crippen LogP contribution in [0.1, 0.15) is 79.1 Å². The zero-order chi connectivity index (χ0) is 14.5. The minimum atomic E-state index is 0.347. The Morgan fingerprint density at radius 3 is 1.95 bits per heavy atom. The highest BCUT2D eigenvalue weighted by Crippen LogP contribution is 2.17. The van der Waals surface area contributed by atoms with Crippen molar-refractivity contribution in [2.45, 2.75) is 91.2 Å². The standard InChI is InChI=1S/C17H37NO/c1-6-8-9-10-11-12-13-14-16(18-7-2)17(19-5)15(3)4/h15-18H,6-14H2,1-5H3. The average molecular weight is 271 g/mol. The maximum absolute atomic E-state index is 5.67. The van der Waals surface area contributed by atoms with E-state index in [0.29, 0.717) is 18.1 Å². The van der Waals surface area contributed by atoms with Gasteiger partial charge in [0.25, 0.3) is 0 Å². The summed E-state index contributed by atoms with van der Waals surface area (Å²) in [6.07, 6.45) is 11.3. The lowest BCUT2D eigenvalue weighted by Gasteiger charge is -2.29. The van der Waals surface area contributed by atoms with Gasteiger partial charge in [-0.1, -0.05) is 72.6 Å². The van der Waals surface area contributed by atoms with E-state index in [1.165, 1.54) is 51.4 Å². The molecule has 2 heteroatoms. The molecule has 0 aliphatic rings. The highest BCUT2D eigenvalue weighted by Gasteiger charge is 2.22. The van der Waals surface area contributed by atoms with Gasteiger partial charge in [-0.05, 0) is 18.9 Å². The summed E-state index contributed by atoms with van der Waals surface area (Å²) < 4.78 is 5.67. The lowest BCUT2D eigenvalue weighted by Crippen LogP contribution is -2.43. The van der Waals surface area contributed by atoms with Gasteiger partial charge >= 0.3 is 0 Å². The van der Waals surface area contributed by atoms with Gasteiger partial charge in [-0.3, -0.25) is 0 Å². The maximum atomic E-state index is 5.67. The number of unbranched alkanes of at least 4 members (excludes halogenated alkanes) is 6. The van der Waals surface area contributed by atoms with Gasteiger partial charge in [0.15, 0.2) is 0 Å². The minimum absolute atomic E-state index is 0.347. The molecule has 0 fully saturated rings. The zero-order valence-electron chi connectivity index (χ0n) is 14.0. The topological polar surface area (TPSA) is 21.3 Å². The molecule has 0 bridgehead atoms. The minimum Gasteiger partial charge on any atom is -0.380 e. The summed E-state index contributed by atoms with van der Waals surface area (Å²) in [6, 6.07) is 0.519. The smallest absolute Gasteiger partial charge is 0.0747 e. The van der Waals surface area contributed by atoms with E-state index in [4.69, 9.17) is 4.74 Å². The van der Waals surface area contributed by atoms with E-state index in [9.17, 15) is 0 Å². The first-order chi connectivity index (χ1) is 9.17. The van der Waals surface area contributed by atoms with Crippen LogP contribution in [0.4, 0.5) is 0 Å². The molecule has 0 radical (unpaired) electrons. The van der Waals surface area contributed by atoms with Gasteiger partial charge in [0.1, 0.15) is 0 Å². The third-order valence-corrected chi connectivity index (χ3v) is 3.91. The Balaban J connectivity index is 3.81. The molecule has 0 aromatic heterocycles. The summed E-state index contributed by atoms with van der Waals surface area (Å²) in [5, 5.41) is 3.60. The van der Waals surface area contributed by atoms with Crippen LogP contribution in [0.2, 0.25) is 0 Å². The number of nitrogens with one attached hydrogen (secondary N) is 1. The van der Waals surface area contributed by atoms with Crippen LogP contribution < -0.4 is 5.32 Å². The van der Waals surface area contributed by atoms with Crippen LogP contribution in [0.5, 0.6) is 0 Å². The molecule has 116 valence electrons. The molecule has 0 amide bonds. The summed E-state index contributed by atoms with van der Waals surface area (Å²) >= 11 is 0. The van der Waals surface area contributed by atoms with Crippen LogP contribution in [-0.4, -0.2) is 25.8 Å². The van der Waals surface area contributed by atoms with E-state index in [-0.39, 0.29) is 0 Å². The first-order valence-electron chi connectivity index (χ1n) is 8.43. The van der Waals surface area contributed by atoms with E-state index < -0.39 is 0 Å². The fourth-order valence-electron chi connectivity index (χ4n) is 2.87. The molecule has 0 heterocycles.